The Morgan fingerprint density at radius 3 is 1.67 bits per heavy atom. The van der Waals surface area contributed by atoms with E-state index in [1.54, 1.807) is 0 Å². The molecule has 0 amide bonds. The van der Waals surface area contributed by atoms with Crippen LogP contribution >= 0.6 is 0 Å². The van der Waals surface area contributed by atoms with E-state index >= 15 is 0 Å². The van der Waals surface area contributed by atoms with Crippen LogP contribution in [0, 0.1) is 0 Å². The molecule has 0 atom stereocenters. The third-order valence-electron chi connectivity index (χ3n) is 0.370. The first-order chi connectivity index (χ1) is 3.71. The Kier molecular flexibility index (Phi) is 2.33. The van der Waals surface area contributed by atoms with E-state index in [1.807, 2.05) is 0 Å². The van der Waals surface area contributed by atoms with Crippen molar-refractivity contribution >= 4 is 18.9 Å². The molecule has 56 valence electrons. The second-order valence-electron chi connectivity index (χ2n) is 1.48. The summed E-state index contributed by atoms with van der Waals surface area (Å²) in [5, 5.41) is -1.49. The van der Waals surface area contributed by atoms with Crippen molar-refractivity contribution in [1.82, 2.24) is 0 Å². The standard InChI is InChI=1S/CH6O6SSi/c2-8(3,4)1-9(5,6)7/h5-7H,1H2,(H,2,3,4)/p-1. The van der Waals surface area contributed by atoms with Gasteiger partial charge in [0.1, 0.15) is 5.38 Å². The van der Waals surface area contributed by atoms with Crippen LogP contribution in [-0.4, -0.2) is 41.5 Å². The summed E-state index contributed by atoms with van der Waals surface area (Å²) >= 11 is 0. The van der Waals surface area contributed by atoms with Crippen LogP contribution in [0.2, 0.25) is 0 Å². The smallest absolute Gasteiger partial charge is 0.507 e. The Hall–Kier alpha value is 0.00688. The minimum absolute atomic E-state index is 1.49. The highest BCUT2D eigenvalue weighted by atomic mass is 32.2. The predicted molar refractivity (Wildman–Crippen MR) is 27.0 cm³/mol. The van der Waals surface area contributed by atoms with E-state index in [4.69, 9.17) is 14.4 Å². The van der Waals surface area contributed by atoms with E-state index in [-0.39, 0.29) is 0 Å². The quantitative estimate of drug-likeness (QED) is 0.302. The molecule has 0 saturated heterocycles. The predicted octanol–water partition coefficient (Wildman–Crippen LogP) is -3.01. The van der Waals surface area contributed by atoms with Gasteiger partial charge in [0.2, 0.25) is 0 Å². The molecule has 0 aromatic heterocycles. The summed E-state index contributed by atoms with van der Waals surface area (Å²) in [5.41, 5.74) is 0. The van der Waals surface area contributed by atoms with Crippen LogP contribution in [0.4, 0.5) is 0 Å². The lowest BCUT2D eigenvalue weighted by Gasteiger charge is -2.11. The molecule has 0 bridgehead atoms. The van der Waals surface area contributed by atoms with Gasteiger partial charge in [-0.1, -0.05) is 0 Å². The van der Waals surface area contributed by atoms with Crippen LogP contribution in [0.3, 0.4) is 0 Å². The first kappa shape index (κ1) is 9.01. The zero-order chi connectivity index (χ0) is 7.71. The Bertz CT molecular complexity index is 174. The van der Waals surface area contributed by atoms with Crippen LogP contribution in [0.25, 0.3) is 0 Å². The molecule has 0 saturated carbocycles. The number of hydrogen-bond donors (Lipinski definition) is 3. The SMILES string of the molecule is O=S(=O)([O-])C[Si](O)(O)O. The molecule has 6 nitrogen and oxygen atoms in total. The molecular formula is CH5O6SSi-. The van der Waals surface area contributed by atoms with Gasteiger partial charge in [0.25, 0.3) is 0 Å². The highest BCUT2D eigenvalue weighted by molar-refractivity contribution is 7.87. The fourth-order valence-electron chi connectivity index (χ4n) is 0.237. The summed E-state index contributed by atoms with van der Waals surface area (Å²) in [6, 6.07) is 0. The zero-order valence-corrected chi connectivity index (χ0v) is 6.00. The van der Waals surface area contributed by atoms with Gasteiger partial charge in [0, 0.05) is 0 Å². The van der Waals surface area contributed by atoms with Crippen LogP contribution in [0.1, 0.15) is 0 Å². The van der Waals surface area contributed by atoms with Gasteiger partial charge in [0.15, 0.2) is 0 Å². The molecule has 0 heterocycles. The Labute approximate surface area is 52.5 Å². The second kappa shape index (κ2) is 2.32. The lowest BCUT2D eigenvalue weighted by molar-refractivity contribution is 0.235. The topological polar surface area (TPSA) is 118 Å². The number of hydrogen-bond acceptors (Lipinski definition) is 6. The minimum Gasteiger partial charge on any atom is -0.748 e. The van der Waals surface area contributed by atoms with Gasteiger partial charge in [-0.25, -0.2) is 8.42 Å². The molecule has 0 unspecified atom stereocenters. The molecule has 0 aliphatic heterocycles. The summed E-state index contributed by atoms with van der Waals surface area (Å²) in [6.07, 6.45) is 0. The second-order valence-corrected chi connectivity index (χ2v) is 5.30. The largest absolute Gasteiger partial charge is 0.748 e. The molecule has 0 aliphatic carbocycles. The normalized spacial score (nSPS) is 13.8. The molecule has 0 rings (SSSR count). The third-order valence-corrected chi connectivity index (χ3v) is 3.33. The molecule has 0 aromatic carbocycles. The van der Waals surface area contributed by atoms with Gasteiger partial charge >= 0.3 is 8.80 Å². The molecule has 0 fully saturated rings. The third kappa shape index (κ3) is 8.01. The van der Waals surface area contributed by atoms with Crippen molar-refractivity contribution in [3.8, 4) is 0 Å². The van der Waals surface area contributed by atoms with E-state index < -0.39 is 24.3 Å². The van der Waals surface area contributed by atoms with E-state index in [2.05, 4.69) is 0 Å². The fraction of sp³-hybridized carbons (Fsp3) is 1.00. The summed E-state index contributed by atoms with van der Waals surface area (Å²) in [5.74, 6) is 0. The van der Waals surface area contributed by atoms with Crippen molar-refractivity contribution in [1.29, 1.82) is 0 Å². The highest BCUT2D eigenvalue weighted by Crippen LogP contribution is 1.90. The molecule has 0 aromatic rings. The summed E-state index contributed by atoms with van der Waals surface area (Å²) in [7, 11) is -9.41. The lowest BCUT2D eigenvalue weighted by Crippen LogP contribution is -2.43. The zero-order valence-electron chi connectivity index (χ0n) is 4.18. The van der Waals surface area contributed by atoms with Gasteiger partial charge in [-0.2, -0.15) is 0 Å². The fourth-order valence-corrected chi connectivity index (χ4v) is 2.13. The Morgan fingerprint density at radius 2 is 1.67 bits per heavy atom. The van der Waals surface area contributed by atoms with Gasteiger partial charge in [-0.15, -0.1) is 0 Å². The van der Waals surface area contributed by atoms with Gasteiger partial charge in [-0.05, 0) is 0 Å². The van der Waals surface area contributed by atoms with Gasteiger partial charge in [-0.3, -0.25) is 0 Å². The van der Waals surface area contributed by atoms with Crippen molar-refractivity contribution in [2.75, 3.05) is 5.38 Å². The van der Waals surface area contributed by atoms with E-state index in [9.17, 15) is 13.0 Å². The van der Waals surface area contributed by atoms with Crippen LogP contribution < -0.4 is 0 Å². The first-order valence-corrected chi connectivity index (χ1v) is 5.44. The molecule has 3 N–H and O–H groups in total. The van der Waals surface area contributed by atoms with E-state index in [1.165, 1.54) is 0 Å². The van der Waals surface area contributed by atoms with Crippen molar-refractivity contribution in [3.05, 3.63) is 0 Å². The maximum absolute atomic E-state index is 9.65. The van der Waals surface area contributed by atoms with E-state index in [0.717, 1.165) is 0 Å². The maximum atomic E-state index is 9.65. The lowest BCUT2D eigenvalue weighted by atomic mass is 11.9. The van der Waals surface area contributed by atoms with Crippen LogP contribution in [0.15, 0.2) is 0 Å². The molecular weight excluding hydrogens is 168 g/mol. The minimum atomic E-state index is -4.72. The molecule has 0 radical (unpaired) electrons. The molecule has 9 heavy (non-hydrogen) atoms. The van der Waals surface area contributed by atoms with Crippen molar-refractivity contribution in [2.24, 2.45) is 0 Å². The Morgan fingerprint density at radius 1 is 1.33 bits per heavy atom. The van der Waals surface area contributed by atoms with Crippen molar-refractivity contribution < 1.29 is 27.4 Å². The molecule has 0 spiro atoms. The van der Waals surface area contributed by atoms with E-state index in [0.29, 0.717) is 0 Å². The Balaban J connectivity index is 4.07. The number of rotatable bonds is 2. The van der Waals surface area contributed by atoms with Crippen molar-refractivity contribution in [2.45, 2.75) is 0 Å². The molecule has 8 heteroatoms. The van der Waals surface area contributed by atoms with Crippen molar-refractivity contribution in [3.63, 3.8) is 0 Å². The van der Waals surface area contributed by atoms with Crippen LogP contribution in [0.5, 0.6) is 0 Å². The molecule has 0 aliphatic rings. The summed E-state index contributed by atoms with van der Waals surface area (Å²) in [6.45, 7) is 0. The highest BCUT2D eigenvalue weighted by Gasteiger charge is 2.29. The average molecular weight is 173 g/mol. The van der Waals surface area contributed by atoms with Crippen LogP contribution in [-0.2, 0) is 10.1 Å². The summed E-state index contributed by atoms with van der Waals surface area (Å²) in [4.78, 5) is 24.1. The van der Waals surface area contributed by atoms with Gasteiger partial charge in [0.05, 0.1) is 10.1 Å². The summed E-state index contributed by atoms with van der Waals surface area (Å²) < 4.78 is 28.9. The maximum Gasteiger partial charge on any atom is 0.507 e. The van der Waals surface area contributed by atoms with Gasteiger partial charge < -0.3 is 18.9 Å². The first-order valence-electron chi connectivity index (χ1n) is 1.81. The monoisotopic (exact) mass is 173 g/mol. The average Bonchev–Trinajstić information content (AvgIpc) is 1.14.